The van der Waals surface area contributed by atoms with Crippen molar-refractivity contribution in [1.82, 2.24) is 14.7 Å². The zero-order chi connectivity index (χ0) is 22.2. The van der Waals surface area contributed by atoms with Gasteiger partial charge in [0.15, 0.2) is 0 Å². The fourth-order valence-electron chi connectivity index (χ4n) is 3.58. The van der Waals surface area contributed by atoms with E-state index < -0.39 is 0 Å². The van der Waals surface area contributed by atoms with Crippen LogP contribution in [0.1, 0.15) is 45.1 Å². The highest BCUT2D eigenvalue weighted by Crippen LogP contribution is 2.09. The molecule has 0 saturated carbocycles. The summed E-state index contributed by atoms with van der Waals surface area (Å²) in [5.41, 5.74) is 11.9. The van der Waals surface area contributed by atoms with Gasteiger partial charge in [-0.25, -0.2) is 0 Å². The Morgan fingerprint density at radius 1 is 0.733 bits per heavy atom. The molecule has 0 aliphatic carbocycles. The third-order valence-electron chi connectivity index (χ3n) is 5.28. The van der Waals surface area contributed by atoms with Gasteiger partial charge in [-0.05, 0) is 18.4 Å². The summed E-state index contributed by atoms with van der Waals surface area (Å²) >= 11 is 0. The number of nitrogens with two attached hydrogens (primary N) is 2. The highest BCUT2D eigenvalue weighted by atomic mass is 16.2. The predicted octanol–water partition coefficient (Wildman–Crippen LogP) is 1.66. The van der Waals surface area contributed by atoms with Crippen molar-refractivity contribution in [1.29, 1.82) is 0 Å². The van der Waals surface area contributed by atoms with Gasteiger partial charge in [0, 0.05) is 45.8 Å². The van der Waals surface area contributed by atoms with Gasteiger partial charge >= 0.3 is 0 Å². The first kappa shape index (κ1) is 26.1. The summed E-state index contributed by atoms with van der Waals surface area (Å²) < 4.78 is 0. The van der Waals surface area contributed by atoms with Gasteiger partial charge in [0.1, 0.15) is 0 Å². The quantitative estimate of drug-likeness (QED) is 0.774. The van der Waals surface area contributed by atoms with Gasteiger partial charge in [0.05, 0.1) is 13.1 Å². The summed E-state index contributed by atoms with van der Waals surface area (Å²) in [6.07, 6.45) is 4.81. The number of rotatable bonds is 4. The predicted molar refractivity (Wildman–Crippen MR) is 123 cm³/mol. The molecule has 30 heavy (non-hydrogen) atoms. The average Bonchev–Trinajstić information content (AvgIpc) is 3.11. The number of carbonyl (C=O) groups is 2. The number of amides is 2. The van der Waals surface area contributed by atoms with Crippen LogP contribution in [-0.4, -0.2) is 78.9 Å². The molecular formula is C23H41N5O2. The Kier molecular flexibility index (Phi) is 13.8. The fraction of sp³-hybridized carbons (Fsp3) is 0.652. The molecule has 0 radical (unpaired) electrons. The summed E-state index contributed by atoms with van der Waals surface area (Å²) in [5.74, 6) is 0.163. The summed E-state index contributed by atoms with van der Waals surface area (Å²) in [6, 6.07) is 10.4. The number of nitrogens with zero attached hydrogens (tertiary/aromatic N) is 3. The Labute approximate surface area is 182 Å². The largest absolute Gasteiger partial charge is 0.342 e. The third kappa shape index (κ3) is 9.69. The van der Waals surface area contributed by atoms with Gasteiger partial charge in [-0.15, -0.1) is 0 Å². The minimum Gasteiger partial charge on any atom is -0.342 e. The van der Waals surface area contributed by atoms with Crippen LogP contribution in [0.15, 0.2) is 30.3 Å². The minimum atomic E-state index is 0.0596. The lowest BCUT2D eigenvalue weighted by Crippen LogP contribution is -2.49. The van der Waals surface area contributed by atoms with Crippen LogP contribution < -0.4 is 11.5 Å². The van der Waals surface area contributed by atoms with Crippen molar-refractivity contribution < 1.29 is 9.59 Å². The molecule has 0 bridgehead atoms. The van der Waals surface area contributed by atoms with Gasteiger partial charge in [-0.2, -0.15) is 0 Å². The van der Waals surface area contributed by atoms with Gasteiger partial charge < -0.3 is 21.3 Å². The summed E-state index contributed by atoms with van der Waals surface area (Å²) in [6.45, 7) is 10.5. The molecule has 3 rings (SSSR count). The molecule has 4 N–H and O–H groups in total. The van der Waals surface area contributed by atoms with Crippen LogP contribution in [0.5, 0.6) is 0 Å². The van der Waals surface area contributed by atoms with E-state index in [2.05, 4.69) is 29.2 Å². The Balaban J connectivity index is 0.000000300. The van der Waals surface area contributed by atoms with Crippen molar-refractivity contribution in [2.75, 3.05) is 52.4 Å². The molecule has 1 aromatic rings. The second-order valence-corrected chi connectivity index (χ2v) is 7.35. The first-order valence-electron chi connectivity index (χ1n) is 11.4. The molecule has 2 heterocycles. The van der Waals surface area contributed by atoms with Gasteiger partial charge in [-0.3, -0.25) is 14.5 Å². The fourth-order valence-corrected chi connectivity index (χ4v) is 3.58. The van der Waals surface area contributed by atoms with E-state index in [-0.39, 0.29) is 24.9 Å². The van der Waals surface area contributed by atoms with Crippen LogP contribution in [0.25, 0.3) is 0 Å². The second-order valence-electron chi connectivity index (χ2n) is 7.35. The second kappa shape index (κ2) is 15.8. The lowest BCUT2D eigenvalue weighted by Gasteiger charge is -2.34. The number of piperazine rings is 1. The van der Waals surface area contributed by atoms with E-state index >= 15 is 0 Å². The van der Waals surface area contributed by atoms with Crippen molar-refractivity contribution in [2.45, 2.75) is 46.1 Å². The van der Waals surface area contributed by atoms with Crippen molar-refractivity contribution >= 4 is 11.8 Å². The molecule has 0 spiro atoms. The molecule has 2 amide bonds. The van der Waals surface area contributed by atoms with Crippen molar-refractivity contribution in [3.63, 3.8) is 0 Å². The maximum atomic E-state index is 11.4. The number of likely N-dealkylation sites (tertiary alicyclic amines) is 1. The molecule has 2 fully saturated rings. The van der Waals surface area contributed by atoms with Crippen LogP contribution in [-0.2, 0) is 16.1 Å². The van der Waals surface area contributed by atoms with E-state index in [1.807, 2.05) is 29.7 Å². The Hall–Kier alpha value is -1.96. The van der Waals surface area contributed by atoms with E-state index in [0.29, 0.717) is 0 Å². The molecule has 2 saturated heterocycles. The lowest BCUT2D eigenvalue weighted by atomic mass is 10.2. The molecule has 7 nitrogen and oxygen atoms in total. The Morgan fingerprint density at radius 3 is 1.67 bits per heavy atom. The minimum absolute atomic E-state index is 0.0596. The number of hydrogen-bond donors (Lipinski definition) is 2. The van der Waals surface area contributed by atoms with Crippen LogP contribution in [0.2, 0.25) is 0 Å². The topological polar surface area (TPSA) is 95.9 Å². The maximum Gasteiger partial charge on any atom is 0.236 e. The lowest BCUT2D eigenvalue weighted by molar-refractivity contribution is -0.131. The zero-order valence-electron chi connectivity index (χ0n) is 18.9. The van der Waals surface area contributed by atoms with Crippen LogP contribution in [0.4, 0.5) is 0 Å². The van der Waals surface area contributed by atoms with E-state index in [1.54, 1.807) is 0 Å². The van der Waals surface area contributed by atoms with E-state index in [4.69, 9.17) is 11.5 Å². The van der Waals surface area contributed by atoms with Crippen molar-refractivity contribution in [2.24, 2.45) is 11.5 Å². The Morgan fingerprint density at radius 2 is 1.20 bits per heavy atom. The Bertz CT molecular complexity index is 581. The molecule has 0 unspecified atom stereocenters. The normalized spacial score (nSPS) is 17.1. The highest BCUT2D eigenvalue weighted by Gasteiger charge is 2.19. The SMILES string of the molecule is CC.NCC(=O)N1CCCCCC1.NCC(=O)N1CCN(Cc2ccccc2)CC1. The van der Waals surface area contributed by atoms with Crippen molar-refractivity contribution in [3.05, 3.63) is 35.9 Å². The van der Waals surface area contributed by atoms with Crippen molar-refractivity contribution in [3.8, 4) is 0 Å². The average molecular weight is 420 g/mol. The molecule has 0 aromatic heterocycles. The van der Waals surface area contributed by atoms with E-state index in [9.17, 15) is 9.59 Å². The van der Waals surface area contributed by atoms with Gasteiger partial charge in [0.2, 0.25) is 11.8 Å². The maximum absolute atomic E-state index is 11.4. The number of benzene rings is 1. The monoisotopic (exact) mass is 419 g/mol. The van der Waals surface area contributed by atoms with Gasteiger partial charge in [0.25, 0.3) is 0 Å². The first-order chi connectivity index (χ1) is 14.6. The molecule has 2 aliphatic rings. The molecule has 2 aliphatic heterocycles. The third-order valence-corrected chi connectivity index (χ3v) is 5.28. The van der Waals surface area contributed by atoms with E-state index in [0.717, 1.165) is 58.7 Å². The molecule has 7 heteroatoms. The molecular weight excluding hydrogens is 378 g/mol. The molecule has 170 valence electrons. The summed E-state index contributed by atoms with van der Waals surface area (Å²) in [5, 5.41) is 0. The standard InChI is InChI=1S/C13H19N3O.C8H16N2O.C2H6/c14-10-13(17)16-8-6-15(7-9-16)11-12-4-2-1-3-5-12;9-7-8(11)10-5-3-1-2-4-6-10;1-2/h1-5H,6-11,14H2;1-7,9H2;1-2H3. The van der Waals surface area contributed by atoms with Crippen LogP contribution in [0, 0.1) is 0 Å². The summed E-state index contributed by atoms with van der Waals surface area (Å²) in [4.78, 5) is 28.6. The molecule has 0 atom stereocenters. The van der Waals surface area contributed by atoms with Gasteiger partial charge in [-0.1, -0.05) is 57.0 Å². The number of hydrogen-bond acceptors (Lipinski definition) is 5. The summed E-state index contributed by atoms with van der Waals surface area (Å²) in [7, 11) is 0. The van der Waals surface area contributed by atoms with Crippen LogP contribution >= 0.6 is 0 Å². The zero-order valence-corrected chi connectivity index (χ0v) is 18.9. The molecule has 1 aromatic carbocycles. The highest BCUT2D eigenvalue weighted by molar-refractivity contribution is 5.78. The van der Waals surface area contributed by atoms with Crippen LogP contribution in [0.3, 0.4) is 0 Å². The smallest absolute Gasteiger partial charge is 0.236 e. The number of carbonyl (C=O) groups excluding carboxylic acids is 2. The van der Waals surface area contributed by atoms with E-state index in [1.165, 1.54) is 18.4 Å². The first-order valence-corrected chi connectivity index (χ1v) is 11.4.